The molecule has 2 heterocycles. The lowest BCUT2D eigenvalue weighted by Gasteiger charge is -2.25. The van der Waals surface area contributed by atoms with E-state index in [1.54, 1.807) is 0 Å². The molecule has 0 bridgehead atoms. The van der Waals surface area contributed by atoms with Crippen LogP contribution in [0.1, 0.15) is 55.8 Å². The van der Waals surface area contributed by atoms with Gasteiger partial charge in [-0.25, -0.2) is 0 Å². The molecular formula is C50H42N2. The maximum Gasteiger partial charge on any atom is 0.0579 e. The standard InChI is InChI=1S/C48H36N2.C2H6/c1-3-13-33(14-4-1)35-25-29-37(30-26-35)49-45-23-9-7-17-39(45)41-19-11-21-43(47(41)49)44-22-12-20-42-40-18-8-10-24-46(40)50(48(42)44)38-31-27-36(28-32-38)34-15-5-2-6-16-34;1-2/h1-7,9,11-20,22-32,43H,8,10,21H2;1-2H3. The third-order valence-corrected chi connectivity index (χ3v) is 10.7. The van der Waals surface area contributed by atoms with Gasteiger partial charge in [0.15, 0.2) is 0 Å². The van der Waals surface area contributed by atoms with Crippen LogP contribution < -0.4 is 10.6 Å². The quantitative estimate of drug-likeness (QED) is 0.172. The van der Waals surface area contributed by atoms with Crippen molar-refractivity contribution < 1.29 is 0 Å². The lowest BCUT2D eigenvalue weighted by atomic mass is 9.85. The number of benzene rings is 6. The smallest absolute Gasteiger partial charge is 0.0579 e. The molecule has 2 aromatic heterocycles. The van der Waals surface area contributed by atoms with Crippen LogP contribution in [-0.4, -0.2) is 9.13 Å². The van der Waals surface area contributed by atoms with Gasteiger partial charge >= 0.3 is 0 Å². The summed E-state index contributed by atoms with van der Waals surface area (Å²) in [4.78, 5) is 0. The van der Waals surface area contributed by atoms with Gasteiger partial charge in [-0.05, 0) is 77.4 Å². The van der Waals surface area contributed by atoms with Crippen LogP contribution in [0.5, 0.6) is 0 Å². The van der Waals surface area contributed by atoms with E-state index in [-0.39, 0.29) is 5.92 Å². The van der Waals surface area contributed by atoms with Crippen LogP contribution in [0, 0.1) is 0 Å². The molecule has 6 aromatic carbocycles. The van der Waals surface area contributed by atoms with Crippen LogP contribution in [0.2, 0.25) is 0 Å². The van der Waals surface area contributed by atoms with E-state index < -0.39 is 0 Å². The largest absolute Gasteiger partial charge is 0.312 e. The normalized spacial score (nSPS) is 14.5. The Bertz CT molecular complexity index is 2690. The fraction of sp³-hybridized carbons (Fsp3) is 0.120. The molecule has 1 atom stereocenters. The summed E-state index contributed by atoms with van der Waals surface area (Å²) in [5, 5.41) is 5.32. The zero-order chi connectivity index (χ0) is 35.0. The van der Waals surface area contributed by atoms with Crippen molar-refractivity contribution in [3.63, 3.8) is 0 Å². The van der Waals surface area contributed by atoms with E-state index >= 15 is 0 Å². The Morgan fingerprint density at radius 2 is 1.06 bits per heavy atom. The van der Waals surface area contributed by atoms with Crippen LogP contribution >= 0.6 is 0 Å². The SMILES string of the molecule is C1=Cc2c(n(-c3ccc(-c4ccccc4)cc3)c3ccccc23)C(c2cccc3c4c(n(-c5ccc(-c6ccccc6)cc5)c23)=CCCC=4)C1.CC. The number of hydrogen-bond donors (Lipinski definition) is 0. The predicted octanol–water partition coefficient (Wildman–Crippen LogP) is 11.8. The van der Waals surface area contributed by atoms with Crippen LogP contribution in [0.15, 0.2) is 158 Å². The monoisotopic (exact) mass is 670 g/mol. The lowest BCUT2D eigenvalue weighted by Crippen LogP contribution is -2.30. The first-order chi connectivity index (χ1) is 25.8. The summed E-state index contributed by atoms with van der Waals surface area (Å²) >= 11 is 0. The molecule has 0 radical (unpaired) electrons. The van der Waals surface area contributed by atoms with Gasteiger partial charge in [-0.15, -0.1) is 0 Å². The third kappa shape index (κ3) is 5.26. The number of rotatable bonds is 5. The Hall–Kier alpha value is -6.12. The van der Waals surface area contributed by atoms with E-state index in [9.17, 15) is 0 Å². The number of nitrogens with zero attached hydrogens (tertiary/aromatic N) is 2. The molecule has 0 fully saturated rings. The first-order valence-electron chi connectivity index (χ1n) is 18.8. The van der Waals surface area contributed by atoms with Gasteiger partial charge < -0.3 is 9.13 Å². The summed E-state index contributed by atoms with van der Waals surface area (Å²) in [6.07, 6.45) is 12.7. The maximum absolute atomic E-state index is 2.55. The summed E-state index contributed by atoms with van der Waals surface area (Å²) in [6.45, 7) is 4.00. The Labute approximate surface area is 305 Å². The Morgan fingerprint density at radius 1 is 0.500 bits per heavy atom. The van der Waals surface area contributed by atoms with E-state index in [2.05, 4.69) is 185 Å². The van der Waals surface area contributed by atoms with Crippen molar-refractivity contribution in [1.82, 2.24) is 9.13 Å². The molecule has 2 nitrogen and oxygen atoms in total. The molecule has 0 spiro atoms. The molecule has 2 aliphatic rings. The zero-order valence-corrected chi connectivity index (χ0v) is 29.8. The second-order valence-electron chi connectivity index (χ2n) is 13.5. The summed E-state index contributed by atoms with van der Waals surface area (Å²) in [6, 6.07) is 55.5. The molecule has 0 saturated carbocycles. The molecule has 1 unspecified atom stereocenters. The van der Waals surface area contributed by atoms with Gasteiger partial charge in [0.2, 0.25) is 0 Å². The van der Waals surface area contributed by atoms with Crippen LogP contribution in [0.3, 0.4) is 0 Å². The van der Waals surface area contributed by atoms with Crippen molar-refractivity contribution >= 4 is 40.0 Å². The molecule has 252 valence electrons. The highest BCUT2D eigenvalue weighted by atomic mass is 15.0. The fourth-order valence-electron chi connectivity index (χ4n) is 8.48. The van der Waals surface area contributed by atoms with Crippen molar-refractivity contribution in [2.24, 2.45) is 0 Å². The number of allylic oxidation sites excluding steroid dienone is 1. The van der Waals surface area contributed by atoms with Crippen molar-refractivity contribution in [2.45, 2.75) is 39.0 Å². The number of para-hydroxylation sites is 2. The number of aromatic nitrogens is 2. The first kappa shape index (κ1) is 31.8. The molecule has 52 heavy (non-hydrogen) atoms. The van der Waals surface area contributed by atoms with Crippen molar-refractivity contribution in [2.75, 3.05) is 0 Å². The van der Waals surface area contributed by atoms with Crippen molar-refractivity contribution in [3.8, 4) is 33.6 Å². The zero-order valence-electron chi connectivity index (χ0n) is 29.8. The number of fused-ring (bicyclic) bond motifs is 6. The number of hydrogen-bond acceptors (Lipinski definition) is 0. The first-order valence-corrected chi connectivity index (χ1v) is 18.8. The van der Waals surface area contributed by atoms with Gasteiger partial charge in [0.1, 0.15) is 0 Å². The molecule has 0 amide bonds. The Kier molecular flexibility index (Phi) is 8.29. The molecule has 10 rings (SSSR count). The summed E-state index contributed by atoms with van der Waals surface area (Å²) < 4.78 is 5.08. The van der Waals surface area contributed by atoms with Gasteiger partial charge in [0.05, 0.1) is 11.0 Å². The summed E-state index contributed by atoms with van der Waals surface area (Å²) in [5.74, 6) is 0.179. The fourth-order valence-corrected chi connectivity index (χ4v) is 8.48. The van der Waals surface area contributed by atoms with E-state index in [0.29, 0.717) is 0 Å². The van der Waals surface area contributed by atoms with E-state index in [1.807, 2.05) is 13.8 Å². The minimum absolute atomic E-state index is 0.179. The van der Waals surface area contributed by atoms with Crippen LogP contribution in [-0.2, 0) is 0 Å². The summed E-state index contributed by atoms with van der Waals surface area (Å²) in [7, 11) is 0. The predicted molar refractivity (Wildman–Crippen MR) is 222 cm³/mol. The van der Waals surface area contributed by atoms with Gasteiger partial charge in [0, 0.05) is 49.9 Å². The molecule has 0 aliphatic heterocycles. The average Bonchev–Trinajstić information content (AvgIpc) is 3.76. The molecule has 0 saturated heterocycles. The van der Waals surface area contributed by atoms with Crippen molar-refractivity contribution in [1.29, 1.82) is 0 Å². The topological polar surface area (TPSA) is 9.86 Å². The highest BCUT2D eigenvalue weighted by Crippen LogP contribution is 2.44. The highest BCUT2D eigenvalue weighted by molar-refractivity contribution is 5.95. The van der Waals surface area contributed by atoms with Gasteiger partial charge in [-0.3, -0.25) is 0 Å². The average molecular weight is 671 g/mol. The van der Waals surface area contributed by atoms with Gasteiger partial charge in [0.25, 0.3) is 0 Å². The van der Waals surface area contributed by atoms with Crippen LogP contribution in [0.4, 0.5) is 0 Å². The van der Waals surface area contributed by atoms with Crippen molar-refractivity contribution in [3.05, 3.63) is 185 Å². The lowest BCUT2D eigenvalue weighted by molar-refractivity contribution is 0.766. The highest BCUT2D eigenvalue weighted by Gasteiger charge is 2.30. The third-order valence-electron chi connectivity index (χ3n) is 10.7. The van der Waals surface area contributed by atoms with E-state index in [0.717, 1.165) is 19.3 Å². The second kappa shape index (κ2) is 13.5. The van der Waals surface area contributed by atoms with Gasteiger partial charge in [-0.1, -0.05) is 159 Å². The van der Waals surface area contributed by atoms with Gasteiger partial charge in [-0.2, -0.15) is 0 Å². The summed E-state index contributed by atoms with van der Waals surface area (Å²) in [5.41, 5.74) is 14.0. The minimum Gasteiger partial charge on any atom is -0.312 e. The molecule has 8 aromatic rings. The minimum atomic E-state index is 0.179. The van der Waals surface area contributed by atoms with Crippen LogP contribution in [0.25, 0.3) is 73.7 Å². The van der Waals surface area contributed by atoms with E-state index in [4.69, 9.17) is 0 Å². The molecule has 2 heteroatoms. The maximum atomic E-state index is 2.55. The Balaban J connectivity index is 0.00000177. The Morgan fingerprint density at radius 3 is 1.73 bits per heavy atom. The molecule has 2 aliphatic carbocycles. The second-order valence-corrected chi connectivity index (χ2v) is 13.5. The molecular weight excluding hydrogens is 629 g/mol. The molecule has 0 N–H and O–H groups in total. The van der Waals surface area contributed by atoms with E-state index in [1.165, 1.54) is 82.8 Å².